The molecule has 2 aromatic heterocycles. The molecule has 24 heavy (non-hydrogen) atoms. The lowest BCUT2D eigenvalue weighted by molar-refractivity contribution is -0.124. The summed E-state index contributed by atoms with van der Waals surface area (Å²) in [6, 6.07) is -0.962. The van der Waals surface area contributed by atoms with E-state index in [-0.39, 0.29) is 22.1 Å². The van der Waals surface area contributed by atoms with Crippen LogP contribution in [0.5, 0.6) is 0 Å². The van der Waals surface area contributed by atoms with E-state index in [9.17, 15) is 13.6 Å². The summed E-state index contributed by atoms with van der Waals surface area (Å²) in [7, 11) is 1.81. The number of carbonyl (C=O) groups is 1. The van der Waals surface area contributed by atoms with Crippen molar-refractivity contribution in [2.75, 3.05) is 0 Å². The van der Waals surface area contributed by atoms with Crippen LogP contribution in [-0.2, 0) is 11.8 Å². The number of amides is 1. The van der Waals surface area contributed by atoms with Gasteiger partial charge in [-0.25, -0.2) is 8.78 Å². The number of nitrogens with zero attached hydrogens (tertiary/aromatic N) is 4. The van der Waals surface area contributed by atoms with Crippen molar-refractivity contribution in [1.82, 2.24) is 24.9 Å². The quantitative estimate of drug-likeness (QED) is 0.831. The van der Waals surface area contributed by atoms with Gasteiger partial charge in [0.1, 0.15) is 11.7 Å². The van der Waals surface area contributed by atoms with E-state index in [4.69, 9.17) is 0 Å². The van der Waals surface area contributed by atoms with Crippen LogP contribution in [0.25, 0.3) is 0 Å². The summed E-state index contributed by atoms with van der Waals surface area (Å²) < 4.78 is 29.1. The molecule has 9 heteroatoms. The molecule has 0 saturated carbocycles. The van der Waals surface area contributed by atoms with Gasteiger partial charge >= 0.3 is 0 Å². The largest absolute Gasteiger partial charge is 0.348 e. The Morgan fingerprint density at radius 1 is 1.29 bits per heavy atom. The average Bonchev–Trinajstić information content (AvgIpc) is 2.98. The van der Waals surface area contributed by atoms with Gasteiger partial charge in [-0.3, -0.25) is 14.2 Å². The van der Waals surface area contributed by atoms with Gasteiger partial charge in [0.15, 0.2) is 0 Å². The zero-order valence-electron chi connectivity index (χ0n) is 14.1. The molecule has 132 valence electrons. The van der Waals surface area contributed by atoms with E-state index in [0.29, 0.717) is 5.69 Å². The van der Waals surface area contributed by atoms with E-state index in [0.717, 1.165) is 11.3 Å². The Morgan fingerprint density at radius 2 is 1.92 bits per heavy atom. The van der Waals surface area contributed by atoms with Crippen LogP contribution >= 0.6 is 15.9 Å². The Bertz CT molecular complexity index is 755. The molecule has 2 atom stereocenters. The first-order valence-corrected chi connectivity index (χ1v) is 8.26. The van der Waals surface area contributed by atoms with Gasteiger partial charge < -0.3 is 5.32 Å². The molecule has 0 saturated heterocycles. The molecule has 0 fully saturated rings. The second-order valence-corrected chi connectivity index (χ2v) is 6.57. The lowest BCUT2D eigenvalue weighted by Gasteiger charge is -2.18. The van der Waals surface area contributed by atoms with E-state index >= 15 is 0 Å². The highest BCUT2D eigenvalue weighted by Gasteiger charge is 2.26. The van der Waals surface area contributed by atoms with Crippen LogP contribution in [-0.4, -0.2) is 25.5 Å². The van der Waals surface area contributed by atoms with Crippen LogP contribution in [0.15, 0.2) is 10.7 Å². The van der Waals surface area contributed by atoms with Crippen molar-refractivity contribution < 1.29 is 13.6 Å². The highest BCUT2D eigenvalue weighted by atomic mass is 79.9. The van der Waals surface area contributed by atoms with Gasteiger partial charge in [0, 0.05) is 18.8 Å². The van der Waals surface area contributed by atoms with Crippen LogP contribution < -0.4 is 5.32 Å². The summed E-state index contributed by atoms with van der Waals surface area (Å²) in [4.78, 5) is 12.5. The lowest BCUT2D eigenvalue weighted by Crippen LogP contribution is -2.34. The van der Waals surface area contributed by atoms with Crippen molar-refractivity contribution in [2.24, 2.45) is 7.05 Å². The van der Waals surface area contributed by atoms with Gasteiger partial charge in [0.25, 0.3) is 6.43 Å². The molecule has 1 amide bonds. The zero-order chi connectivity index (χ0) is 18.2. The number of halogens is 3. The highest BCUT2D eigenvalue weighted by Crippen LogP contribution is 2.30. The third-order valence-corrected chi connectivity index (χ3v) is 4.91. The smallest absolute Gasteiger partial charge is 0.283 e. The monoisotopic (exact) mass is 403 g/mol. The second-order valence-electron chi connectivity index (χ2n) is 5.78. The summed E-state index contributed by atoms with van der Waals surface area (Å²) in [6.45, 7) is 6.98. The maximum atomic E-state index is 12.9. The minimum Gasteiger partial charge on any atom is -0.348 e. The van der Waals surface area contributed by atoms with Crippen molar-refractivity contribution in [2.45, 2.75) is 46.2 Å². The zero-order valence-corrected chi connectivity index (χ0v) is 15.7. The van der Waals surface area contributed by atoms with Crippen molar-refractivity contribution in [3.8, 4) is 0 Å². The number of hydrogen-bond acceptors (Lipinski definition) is 3. The Hall–Kier alpha value is -1.77. The molecule has 0 bridgehead atoms. The number of alkyl halides is 2. The van der Waals surface area contributed by atoms with Crippen LogP contribution in [0, 0.1) is 13.8 Å². The van der Waals surface area contributed by atoms with Crippen LogP contribution in [0.2, 0.25) is 0 Å². The summed E-state index contributed by atoms with van der Waals surface area (Å²) in [5.74, 6) is -0.301. The molecule has 2 rings (SSSR count). The van der Waals surface area contributed by atoms with E-state index in [1.807, 2.05) is 27.1 Å². The fraction of sp³-hybridized carbons (Fsp3) is 0.533. The van der Waals surface area contributed by atoms with Crippen molar-refractivity contribution in [3.63, 3.8) is 0 Å². The molecule has 0 unspecified atom stereocenters. The summed E-state index contributed by atoms with van der Waals surface area (Å²) in [5.41, 5.74) is 1.86. The summed E-state index contributed by atoms with van der Waals surface area (Å²) in [5, 5.41) is 11.0. The Balaban J connectivity index is 2.18. The van der Waals surface area contributed by atoms with E-state index in [2.05, 4.69) is 31.4 Å². The molecule has 0 aliphatic rings. The Labute approximate surface area is 147 Å². The lowest BCUT2D eigenvalue weighted by atomic mass is 10.1. The number of hydrogen-bond donors (Lipinski definition) is 1. The molecule has 0 aromatic carbocycles. The molecular formula is C15H20BrF2N5O. The SMILES string of the molecule is Cc1nn(C)cc1[C@@H](C)NC(=O)[C@@H](C)n1nc(C(F)F)c(Br)c1C. The van der Waals surface area contributed by atoms with E-state index < -0.39 is 12.5 Å². The molecule has 0 aliphatic carbocycles. The molecule has 0 radical (unpaired) electrons. The third-order valence-electron chi connectivity index (χ3n) is 3.93. The number of carbonyl (C=O) groups excluding carboxylic acids is 1. The minimum atomic E-state index is -2.70. The predicted octanol–water partition coefficient (Wildman–Crippen LogP) is 3.37. The molecule has 0 aliphatic heterocycles. The normalized spacial score (nSPS) is 14.0. The van der Waals surface area contributed by atoms with Gasteiger partial charge in [-0.1, -0.05) is 0 Å². The number of aromatic nitrogens is 4. The maximum Gasteiger partial charge on any atom is 0.283 e. The van der Waals surface area contributed by atoms with E-state index in [1.165, 1.54) is 4.68 Å². The van der Waals surface area contributed by atoms with Crippen LogP contribution in [0.3, 0.4) is 0 Å². The molecule has 0 spiro atoms. The Morgan fingerprint density at radius 3 is 2.38 bits per heavy atom. The Kier molecular flexibility index (Phi) is 5.42. The minimum absolute atomic E-state index is 0.230. The maximum absolute atomic E-state index is 12.9. The average molecular weight is 404 g/mol. The van der Waals surface area contributed by atoms with Crippen LogP contribution in [0.1, 0.15) is 55.0 Å². The first kappa shape index (κ1) is 18.6. The number of rotatable bonds is 5. The molecule has 1 N–H and O–H groups in total. The molecule has 6 nitrogen and oxygen atoms in total. The van der Waals surface area contributed by atoms with Crippen molar-refractivity contribution in [3.05, 3.63) is 33.3 Å². The van der Waals surface area contributed by atoms with Crippen molar-refractivity contribution in [1.29, 1.82) is 0 Å². The molecular weight excluding hydrogens is 384 g/mol. The fourth-order valence-corrected chi connectivity index (χ4v) is 3.04. The second kappa shape index (κ2) is 7.00. The summed E-state index contributed by atoms with van der Waals surface area (Å²) >= 11 is 3.11. The van der Waals surface area contributed by atoms with Crippen LogP contribution in [0.4, 0.5) is 8.78 Å². The van der Waals surface area contributed by atoms with Gasteiger partial charge in [0.2, 0.25) is 5.91 Å². The number of nitrogens with one attached hydrogen (secondary N) is 1. The number of aryl methyl sites for hydroxylation is 2. The standard InChI is InChI=1S/C15H20BrF2N5O/c1-7(11-6-22(5)20-8(11)2)19-15(24)10(4)23-9(3)12(16)13(21-23)14(17)18/h6-7,10,14H,1-5H3,(H,19,24)/t7-,10-/m1/s1. The fourth-order valence-electron chi connectivity index (χ4n) is 2.60. The van der Waals surface area contributed by atoms with Gasteiger partial charge in [-0.05, 0) is 43.6 Å². The molecule has 2 aromatic rings. The first-order valence-electron chi connectivity index (χ1n) is 7.46. The third kappa shape index (κ3) is 3.50. The predicted molar refractivity (Wildman–Crippen MR) is 88.8 cm³/mol. The van der Waals surface area contributed by atoms with Gasteiger partial charge in [-0.2, -0.15) is 10.2 Å². The van der Waals surface area contributed by atoms with Gasteiger partial charge in [0.05, 0.1) is 21.9 Å². The highest BCUT2D eigenvalue weighted by molar-refractivity contribution is 9.10. The molecule has 2 heterocycles. The van der Waals surface area contributed by atoms with Gasteiger partial charge in [-0.15, -0.1) is 0 Å². The van der Waals surface area contributed by atoms with Crippen molar-refractivity contribution >= 4 is 21.8 Å². The topological polar surface area (TPSA) is 64.7 Å². The van der Waals surface area contributed by atoms with E-state index in [1.54, 1.807) is 18.5 Å². The first-order chi connectivity index (χ1) is 11.1. The summed E-state index contributed by atoms with van der Waals surface area (Å²) in [6.07, 6.45) is -0.859.